The van der Waals surface area contributed by atoms with Gasteiger partial charge in [-0.1, -0.05) is 25.7 Å². The molecule has 0 aromatic carbocycles. The highest BCUT2D eigenvalue weighted by molar-refractivity contribution is 5.90. The Balaban J connectivity index is 2.72. The van der Waals surface area contributed by atoms with Gasteiger partial charge in [0, 0.05) is 6.42 Å². The molecule has 0 radical (unpaired) electrons. The summed E-state index contributed by atoms with van der Waals surface area (Å²) >= 11 is 0. The lowest BCUT2D eigenvalue weighted by Gasteiger charge is -2.26. The summed E-state index contributed by atoms with van der Waals surface area (Å²) < 4.78 is 4.78. The molecule has 0 saturated heterocycles. The van der Waals surface area contributed by atoms with Gasteiger partial charge in [-0.25, -0.2) is 4.79 Å². The minimum Gasteiger partial charge on any atom is -0.481 e. The second-order valence-electron chi connectivity index (χ2n) is 5.60. The van der Waals surface area contributed by atoms with E-state index in [-0.39, 0.29) is 6.42 Å². The number of hydrogen-bond acceptors (Lipinski definition) is 5. The molecular weight excluding hydrogens is 296 g/mol. The summed E-state index contributed by atoms with van der Waals surface area (Å²) in [7, 11) is 0. The van der Waals surface area contributed by atoms with Gasteiger partial charge in [-0.15, -0.1) is 0 Å². The van der Waals surface area contributed by atoms with Crippen molar-refractivity contribution in [3.63, 3.8) is 0 Å². The molecule has 0 atom stereocenters. The van der Waals surface area contributed by atoms with Gasteiger partial charge in [0.15, 0.2) is 0 Å². The molecule has 0 aromatic heterocycles. The smallest absolute Gasteiger partial charge is 0.349 e. The zero-order valence-corrected chi connectivity index (χ0v) is 12.1. The van der Waals surface area contributed by atoms with Crippen molar-refractivity contribution in [3.05, 3.63) is 0 Å². The second kappa shape index (κ2) is 7.77. The second-order valence-corrected chi connectivity index (χ2v) is 5.60. The van der Waals surface area contributed by atoms with E-state index in [9.17, 15) is 19.2 Å². The van der Waals surface area contributed by atoms with Gasteiger partial charge in [-0.05, 0) is 12.3 Å². The summed E-state index contributed by atoms with van der Waals surface area (Å²) in [6.07, 6.45) is 2.50. The van der Waals surface area contributed by atoms with E-state index in [1.165, 1.54) is 0 Å². The molecular formula is C14H20O8. The normalized spacial score (nSPS) is 15.5. The Hall–Kier alpha value is -2.12. The largest absolute Gasteiger partial charge is 0.481 e. The van der Waals surface area contributed by atoms with Gasteiger partial charge in [0.25, 0.3) is 0 Å². The fourth-order valence-electron chi connectivity index (χ4n) is 2.71. The Morgan fingerprint density at radius 2 is 1.45 bits per heavy atom. The average molecular weight is 316 g/mol. The van der Waals surface area contributed by atoms with E-state index in [0.717, 1.165) is 25.7 Å². The average Bonchev–Trinajstić information content (AvgIpc) is 2.87. The van der Waals surface area contributed by atoms with Crippen LogP contribution >= 0.6 is 0 Å². The molecule has 22 heavy (non-hydrogen) atoms. The molecule has 0 amide bonds. The molecule has 0 spiro atoms. The van der Waals surface area contributed by atoms with Gasteiger partial charge in [0.05, 0.1) is 12.8 Å². The van der Waals surface area contributed by atoms with E-state index in [2.05, 4.69) is 0 Å². The molecule has 3 N–H and O–H groups in total. The van der Waals surface area contributed by atoms with Crippen LogP contribution in [0.5, 0.6) is 0 Å². The van der Waals surface area contributed by atoms with E-state index in [0.29, 0.717) is 12.3 Å². The van der Waals surface area contributed by atoms with Gasteiger partial charge in [0.1, 0.15) is 0 Å². The fraction of sp³-hybridized carbons (Fsp3) is 0.714. The van der Waals surface area contributed by atoms with Crippen molar-refractivity contribution in [3.8, 4) is 0 Å². The number of hydrogen-bond donors (Lipinski definition) is 3. The predicted octanol–water partition coefficient (Wildman–Crippen LogP) is 1.27. The lowest BCUT2D eigenvalue weighted by molar-refractivity contribution is -0.186. The Labute approximate surface area is 127 Å². The number of rotatable bonds is 9. The van der Waals surface area contributed by atoms with Gasteiger partial charge in [0.2, 0.25) is 5.60 Å². The number of carbonyl (C=O) groups excluding carboxylic acids is 1. The molecule has 1 rings (SSSR count). The van der Waals surface area contributed by atoms with Crippen LogP contribution in [0.3, 0.4) is 0 Å². The zero-order chi connectivity index (χ0) is 16.8. The standard InChI is InChI=1S/C14H20O8/c15-10(16)7-14(13(20)21,8-11(17)18)22-12(19)6-5-9-3-1-2-4-9/h9H,1-8H2,(H,15,16)(H,17,18)(H,20,21). The molecule has 8 heteroatoms. The molecule has 1 saturated carbocycles. The van der Waals surface area contributed by atoms with Crippen LogP contribution in [0.15, 0.2) is 0 Å². The number of ether oxygens (including phenoxy) is 1. The summed E-state index contributed by atoms with van der Waals surface area (Å²) in [5.74, 6) is -5.37. The maximum atomic E-state index is 11.8. The monoisotopic (exact) mass is 316 g/mol. The van der Waals surface area contributed by atoms with Crippen LogP contribution in [-0.2, 0) is 23.9 Å². The van der Waals surface area contributed by atoms with Crippen molar-refractivity contribution in [1.82, 2.24) is 0 Å². The Morgan fingerprint density at radius 1 is 0.955 bits per heavy atom. The van der Waals surface area contributed by atoms with Gasteiger partial charge < -0.3 is 20.1 Å². The molecule has 0 aliphatic heterocycles. The molecule has 0 heterocycles. The van der Waals surface area contributed by atoms with Crippen molar-refractivity contribution >= 4 is 23.9 Å². The first-order chi connectivity index (χ1) is 10.2. The van der Waals surface area contributed by atoms with E-state index in [4.69, 9.17) is 20.1 Å². The number of aliphatic carboxylic acids is 3. The Kier molecular flexibility index (Phi) is 6.33. The number of carboxylic acid groups (broad SMARTS) is 3. The Morgan fingerprint density at radius 3 is 1.86 bits per heavy atom. The van der Waals surface area contributed by atoms with Crippen LogP contribution in [-0.4, -0.2) is 44.8 Å². The quantitative estimate of drug-likeness (QED) is 0.540. The molecule has 0 bridgehead atoms. The lowest BCUT2D eigenvalue weighted by atomic mass is 9.95. The molecule has 124 valence electrons. The minimum atomic E-state index is -2.57. The van der Waals surface area contributed by atoms with Gasteiger partial charge in [-0.2, -0.15) is 0 Å². The number of esters is 1. The third kappa shape index (κ3) is 5.34. The summed E-state index contributed by atoms with van der Waals surface area (Å²) in [6, 6.07) is 0. The summed E-state index contributed by atoms with van der Waals surface area (Å²) in [6.45, 7) is 0. The van der Waals surface area contributed by atoms with Crippen LogP contribution in [0.1, 0.15) is 51.4 Å². The third-order valence-electron chi connectivity index (χ3n) is 3.80. The zero-order valence-electron chi connectivity index (χ0n) is 12.1. The maximum Gasteiger partial charge on any atom is 0.349 e. The van der Waals surface area contributed by atoms with E-state index < -0.39 is 42.3 Å². The van der Waals surface area contributed by atoms with Crippen LogP contribution in [0, 0.1) is 5.92 Å². The van der Waals surface area contributed by atoms with Crippen LogP contribution in [0.2, 0.25) is 0 Å². The molecule has 1 aliphatic carbocycles. The molecule has 8 nitrogen and oxygen atoms in total. The van der Waals surface area contributed by atoms with E-state index >= 15 is 0 Å². The number of carboxylic acids is 3. The number of carbonyl (C=O) groups is 4. The van der Waals surface area contributed by atoms with Crippen LogP contribution in [0.25, 0.3) is 0 Å². The first-order valence-corrected chi connectivity index (χ1v) is 7.14. The highest BCUT2D eigenvalue weighted by atomic mass is 16.6. The third-order valence-corrected chi connectivity index (χ3v) is 3.80. The van der Waals surface area contributed by atoms with Crippen molar-refractivity contribution in [2.24, 2.45) is 5.92 Å². The molecule has 0 unspecified atom stereocenters. The van der Waals surface area contributed by atoms with Crippen molar-refractivity contribution in [2.45, 2.75) is 57.0 Å². The summed E-state index contributed by atoms with van der Waals surface area (Å²) in [5.41, 5.74) is -2.57. The Bertz CT molecular complexity index is 434. The van der Waals surface area contributed by atoms with Crippen molar-refractivity contribution < 1.29 is 39.2 Å². The van der Waals surface area contributed by atoms with E-state index in [1.54, 1.807) is 0 Å². The van der Waals surface area contributed by atoms with Gasteiger partial charge >= 0.3 is 23.9 Å². The van der Waals surface area contributed by atoms with E-state index in [1.807, 2.05) is 0 Å². The minimum absolute atomic E-state index is 0.0427. The summed E-state index contributed by atoms with van der Waals surface area (Å²) in [4.78, 5) is 44.7. The first kappa shape index (κ1) is 17.9. The SMILES string of the molecule is O=C(O)CC(CC(=O)O)(OC(=O)CCC1CCCC1)C(=O)O. The highest BCUT2D eigenvalue weighted by Crippen LogP contribution is 2.29. The van der Waals surface area contributed by atoms with Crippen LogP contribution < -0.4 is 0 Å². The molecule has 0 aromatic rings. The highest BCUT2D eigenvalue weighted by Gasteiger charge is 2.47. The maximum absolute atomic E-state index is 11.8. The topological polar surface area (TPSA) is 138 Å². The van der Waals surface area contributed by atoms with Gasteiger partial charge in [-0.3, -0.25) is 14.4 Å². The lowest BCUT2D eigenvalue weighted by Crippen LogP contribution is -2.47. The fourth-order valence-corrected chi connectivity index (χ4v) is 2.71. The summed E-state index contributed by atoms with van der Waals surface area (Å²) in [5, 5.41) is 26.7. The molecule has 1 aliphatic rings. The predicted molar refractivity (Wildman–Crippen MR) is 72.2 cm³/mol. The van der Waals surface area contributed by atoms with Crippen LogP contribution in [0.4, 0.5) is 0 Å². The van der Waals surface area contributed by atoms with Crippen molar-refractivity contribution in [1.29, 1.82) is 0 Å². The molecule has 1 fully saturated rings. The first-order valence-electron chi connectivity index (χ1n) is 7.14. The van der Waals surface area contributed by atoms with Crippen molar-refractivity contribution in [2.75, 3.05) is 0 Å².